The molecule has 0 aliphatic heterocycles. The Hall–Kier alpha value is -1.16. The lowest BCUT2D eigenvalue weighted by Gasteiger charge is -2.18. The number of hydrogen-bond donors (Lipinski definition) is 1. The Kier molecular flexibility index (Phi) is 3.06. The molecule has 1 fully saturated rings. The third kappa shape index (κ3) is 1.70. The van der Waals surface area contributed by atoms with Gasteiger partial charge < -0.3 is 9.84 Å². The topological polar surface area (TPSA) is 63.6 Å². The van der Waals surface area contributed by atoms with Crippen molar-refractivity contribution in [3.05, 3.63) is 12.2 Å². The van der Waals surface area contributed by atoms with Gasteiger partial charge in [0.25, 0.3) is 0 Å². The number of carbonyl (C=O) groups is 2. The summed E-state index contributed by atoms with van der Waals surface area (Å²) in [6.45, 7) is 5.13. The van der Waals surface area contributed by atoms with Crippen LogP contribution in [0.2, 0.25) is 0 Å². The summed E-state index contributed by atoms with van der Waals surface area (Å²) in [7, 11) is 1.43. The number of ketones is 1. The standard InChI is InChI=1S/C10H14O4/c1-5-4-7(6(2)11)9(14-3)8(5)10(12)13/h7-9H,1,4H2,2-3H3,(H,12,13). The molecule has 3 unspecified atom stereocenters. The zero-order chi connectivity index (χ0) is 10.9. The lowest BCUT2D eigenvalue weighted by atomic mass is 9.97. The average Bonchev–Trinajstić information content (AvgIpc) is 2.41. The molecule has 78 valence electrons. The number of carboxylic acids is 1. The molecule has 1 aliphatic rings. The Morgan fingerprint density at radius 1 is 1.57 bits per heavy atom. The van der Waals surface area contributed by atoms with E-state index in [0.29, 0.717) is 12.0 Å². The van der Waals surface area contributed by atoms with Crippen LogP contribution in [0, 0.1) is 11.8 Å². The Bertz CT molecular complexity index is 282. The Balaban J connectivity index is 2.93. The molecule has 1 rings (SSSR count). The van der Waals surface area contributed by atoms with Crippen LogP contribution in [0.15, 0.2) is 12.2 Å². The van der Waals surface area contributed by atoms with Crippen molar-refractivity contribution in [3.63, 3.8) is 0 Å². The van der Waals surface area contributed by atoms with Crippen LogP contribution in [0.3, 0.4) is 0 Å². The molecule has 0 spiro atoms. The van der Waals surface area contributed by atoms with Crippen molar-refractivity contribution in [1.29, 1.82) is 0 Å². The molecule has 0 heterocycles. The summed E-state index contributed by atoms with van der Waals surface area (Å²) in [6, 6.07) is 0. The van der Waals surface area contributed by atoms with Crippen LogP contribution in [-0.2, 0) is 14.3 Å². The molecule has 3 atom stereocenters. The van der Waals surface area contributed by atoms with Gasteiger partial charge in [0.05, 0.1) is 6.10 Å². The third-order valence-corrected chi connectivity index (χ3v) is 2.71. The molecule has 0 aromatic rings. The summed E-state index contributed by atoms with van der Waals surface area (Å²) in [6.07, 6.45) is -0.136. The summed E-state index contributed by atoms with van der Waals surface area (Å²) in [5, 5.41) is 8.93. The van der Waals surface area contributed by atoms with Crippen molar-refractivity contribution in [2.24, 2.45) is 11.8 Å². The van der Waals surface area contributed by atoms with Gasteiger partial charge in [0.1, 0.15) is 11.7 Å². The maximum absolute atomic E-state index is 11.2. The molecule has 1 aliphatic carbocycles. The molecule has 0 aromatic carbocycles. The van der Waals surface area contributed by atoms with E-state index in [-0.39, 0.29) is 11.7 Å². The van der Waals surface area contributed by atoms with Crippen molar-refractivity contribution in [3.8, 4) is 0 Å². The van der Waals surface area contributed by atoms with E-state index in [4.69, 9.17) is 9.84 Å². The van der Waals surface area contributed by atoms with Crippen LogP contribution in [0.4, 0.5) is 0 Å². The molecule has 0 amide bonds. The van der Waals surface area contributed by atoms with Gasteiger partial charge in [0.2, 0.25) is 0 Å². The molecule has 4 heteroatoms. The predicted octanol–water partition coefficient (Wildman–Crippen LogP) is 0.867. The lowest BCUT2D eigenvalue weighted by molar-refractivity contribution is -0.145. The summed E-state index contributed by atoms with van der Waals surface area (Å²) >= 11 is 0. The van der Waals surface area contributed by atoms with E-state index >= 15 is 0 Å². The lowest BCUT2D eigenvalue weighted by Crippen LogP contribution is -2.32. The molecular weight excluding hydrogens is 184 g/mol. The fourth-order valence-corrected chi connectivity index (χ4v) is 1.98. The van der Waals surface area contributed by atoms with Gasteiger partial charge >= 0.3 is 5.97 Å². The number of methoxy groups -OCH3 is 1. The number of rotatable bonds is 3. The molecule has 1 saturated carbocycles. The van der Waals surface area contributed by atoms with Crippen molar-refractivity contribution < 1.29 is 19.4 Å². The van der Waals surface area contributed by atoms with E-state index in [1.54, 1.807) is 0 Å². The van der Waals surface area contributed by atoms with Crippen LogP contribution >= 0.6 is 0 Å². The van der Waals surface area contributed by atoms with Crippen LogP contribution in [0.1, 0.15) is 13.3 Å². The van der Waals surface area contributed by atoms with Crippen LogP contribution in [0.25, 0.3) is 0 Å². The van der Waals surface area contributed by atoms with E-state index in [1.807, 2.05) is 0 Å². The number of carbonyl (C=O) groups excluding carboxylic acids is 1. The average molecular weight is 198 g/mol. The highest BCUT2D eigenvalue weighted by Crippen LogP contribution is 2.37. The first-order valence-corrected chi connectivity index (χ1v) is 4.42. The summed E-state index contributed by atoms with van der Waals surface area (Å²) in [5.41, 5.74) is 0.574. The van der Waals surface area contributed by atoms with Gasteiger partial charge in [-0.15, -0.1) is 0 Å². The first kappa shape index (κ1) is 10.9. The van der Waals surface area contributed by atoms with Crippen molar-refractivity contribution >= 4 is 11.8 Å². The normalized spacial score (nSPS) is 31.9. The number of ether oxygens (including phenoxy) is 1. The van der Waals surface area contributed by atoms with E-state index in [1.165, 1.54) is 14.0 Å². The smallest absolute Gasteiger partial charge is 0.313 e. The molecule has 0 saturated heterocycles. The quantitative estimate of drug-likeness (QED) is 0.683. The van der Waals surface area contributed by atoms with E-state index in [2.05, 4.69) is 6.58 Å². The van der Waals surface area contributed by atoms with Gasteiger partial charge in [0.15, 0.2) is 0 Å². The first-order chi connectivity index (χ1) is 6.49. The number of aliphatic carboxylic acids is 1. The van der Waals surface area contributed by atoms with E-state index in [0.717, 1.165) is 0 Å². The number of hydrogen-bond acceptors (Lipinski definition) is 3. The van der Waals surface area contributed by atoms with E-state index < -0.39 is 18.0 Å². The predicted molar refractivity (Wildman–Crippen MR) is 49.9 cm³/mol. The maximum Gasteiger partial charge on any atom is 0.313 e. The first-order valence-electron chi connectivity index (χ1n) is 4.42. The number of Topliss-reactive ketones (excluding diaryl/α,β-unsaturated/α-hetero) is 1. The second-order valence-electron chi connectivity index (χ2n) is 3.60. The zero-order valence-corrected chi connectivity index (χ0v) is 8.32. The highest BCUT2D eigenvalue weighted by atomic mass is 16.5. The van der Waals surface area contributed by atoms with Crippen molar-refractivity contribution in [2.75, 3.05) is 7.11 Å². The monoisotopic (exact) mass is 198 g/mol. The molecule has 14 heavy (non-hydrogen) atoms. The zero-order valence-electron chi connectivity index (χ0n) is 8.32. The Morgan fingerprint density at radius 3 is 2.50 bits per heavy atom. The Labute approximate surface area is 82.6 Å². The van der Waals surface area contributed by atoms with Gasteiger partial charge in [-0.1, -0.05) is 12.2 Å². The minimum absolute atomic E-state index is 0.0400. The molecule has 0 radical (unpaired) electrons. The third-order valence-electron chi connectivity index (χ3n) is 2.71. The largest absolute Gasteiger partial charge is 0.481 e. The molecule has 1 N–H and O–H groups in total. The molecule has 0 bridgehead atoms. The van der Waals surface area contributed by atoms with Crippen molar-refractivity contribution in [1.82, 2.24) is 0 Å². The summed E-state index contributed by atoms with van der Waals surface area (Å²) < 4.78 is 5.07. The number of carboxylic acid groups (broad SMARTS) is 1. The highest BCUT2D eigenvalue weighted by Gasteiger charge is 2.45. The van der Waals surface area contributed by atoms with Crippen LogP contribution in [0.5, 0.6) is 0 Å². The second kappa shape index (κ2) is 3.92. The van der Waals surface area contributed by atoms with Crippen LogP contribution in [-0.4, -0.2) is 30.1 Å². The molecule has 4 nitrogen and oxygen atoms in total. The summed E-state index contributed by atoms with van der Waals surface area (Å²) in [4.78, 5) is 22.1. The van der Waals surface area contributed by atoms with Gasteiger partial charge in [-0.2, -0.15) is 0 Å². The highest BCUT2D eigenvalue weighted by molar-refractivity contribution is 5.84. The SMILES string of the molecule is C=C1CC(C(C)=O)C(OC)C1C(=O)O. The van der Waals surface area contributed by atoms with Gasteiger partial charge in [0, 0.05) is 13.0 Å². The van der Waals surface area contributed by atoms with Crippen LogP contribution < -0.4 is 0 Å². The molecule has 0 aromatic heterocycles. The maximum atomic E-state index is 11.2. The minimum Gasteiger partial charge on any atom is -0.481 e. The minimum atomic E-state index is -0.967. The van der Waals surface area contributed by atoms with Gasteiger partial charge in [-0.3, -0.25) is 9.59 Å². The fraction of sp³-hybridized carbons (Fsp3) is 0.600. The molecular formula is C10H14O4. The second-order valence-corrected chi connectivity index (χ2v) is 3.60. The van der Waals surface area contributed by atoms with Crippen molar-refractivity contribution in [2.45, 2.75) is 19.4 Å². The summed E-state index contributed by atoms with van der Waals surface area (Å²) in [5.74, 6) is -2.10. The van der Waals surface area contributed by atoms with Gasteiger partial charge in [-0.05, 0) is 13.3 Å². The fourth-order valence-electron chi connectivity index (χ4n) is 1.98. The Morgan fingerprint density at radius 2 is 2.14 bits per heavy atom. The van der Waals surface area contributed by atoms with Gasteiger partial charge in [-0.25, -0.2) is 0 Å². The van der Waals surface area contributed by atoms with E-state index in [9.17, 15) is 9.59 Å².